The molecule has 4 heterocycles. The van der Waals surface area contributed by atoms with Crippen LogP contribution in [0.3, 0.4) is 0 Å². The van der Waals surface area contributed by atoms with Crippen LogP contribution in [0.1, 0.15) is 41.4 Å². The molecule has 0 spiro atoms. The highest BCUT2D eigenvalue weighted by atomic mass is 79.9. The normalized spacial score (nSPS) is 15.4. The Labute approximate surface area is 229 Å². The summed E-state index contributed by atoms with van der Waals surface area (Å²) in [6.07, 6.45) is 6.57. The number of hydrogen-bond acceptors (Lipinski definition) is 5. The van der Waals surface area contributed by atoms with Crippen molar-refractivity contribution in [2.24, 2.45) is 0 Å². The zero-order valence-corrected chi connectivity index (χ0v) is 23.0. The summed E-state index contributed by atoms with van der Waals surface area (Å²) in [4.78, 5) is 37.7. The largest absolute Gasteiger partial charge is 0.285 e. The molecule has 1 aliphatic carbocycles. The average Bonchev–Trinajstić information content (AvgIpc) is 2.89. The van der Waals surface area contributed by atoms with Crippen LogP contribution in [0.2, 0.25) is 0 Å². The summed E-state index contributed by atoms with van der Waals surface area (Å²) in [5, 5.41) is 0. The molecule has 1 atom stereocenters. The van der Waals surface area contributed by atoms with E-state index in [2.05, 4.69) is 61.0 Å². The minimum Gasteiger partial charge on any atom is -0.285 e. The lowest BCUT2D eigenvalue weighted by molar-refractivity contribution is 0.157. The molecule has 1 unspecified atom stereocenters. The Balaban J connectivity index is 1.42. The molecule has 37 heavy (non-hydrogen) atoms. The van der Waals surface area contributed by atoms with E-state index in [1.807, 2.05) is 24.3 Å². The Morgan fingerprint density at radius 1 is 0.811 bits per heavy atom. The van der Waals surface area contributed by atoms with E-state index >= 15 is 0 Å². The lowest BCUT2D eigenvalue weighted by atomic mass is 9.86. The van der Waals surface area contributed by atoms with Gasteiger partial charge in [0, 0.05) is 52.6 Å². The van der Waals surface area contributed by atoms with Gasteiger partial charge in [-0.25, -0.2) is 9.97 Å². The topological polar surface area (TPSA) is 72.0 Å². The maximum atomic E-state index is 12.9. The lowest BCUT2D eigenvalue weighted by Gasteiger charge is -2.35. The van der Waals surface area contributed by atoms with E-state index in [0.717, 1.165) is 28.2 Å². The van der Waals surface area contributed by atoms with E-state index in [-0.39, 0.29) is 17.2 Å². The molecule has 0 saturated carbocycles. The summed E-state index contributed by atoms with van der Waals surface area (Å²) in [5.74, 6) is 0. The molecule has 5 aromatic rings. The molecular formula is C28H23Br2N5O2. The number of nitrogens with zero attached hydrogens (tertiary/aromatic N) is 5. The molecule has 0 radical (unpaired) electrons. The van der Waals surface area contributed by atoms with Gasteiger partial charge in [-0.2, -0.15) is 0 Å². The van der Waals surface area contributed by atoms with Gasteiger partial charge in [-0.05, 0) is 86.5 Å². The Bertz CT molecular complexity index is 1660. The fourth-order valence-electron chi connectivity index (χ4n) is 5.21. The monoisotopic (exact) mass is 619 g/mol. The summed E-state index contributed by atoms with van der Waals surface area (Å²) >= 11 is 6.85. The predicted molar refractivity (Wildman–Crippen MR) is 150 cm³/mol. The van der Waals surface area contributed by atoms with Crippen LogP contribution in [0.5, 0.6) is 0 Å². The van der Waals surface area contributed by atoms with Gasteiger partial charge in [-0.1, -0.05) is 24.3 Å². The number of rotatable bonds is 5. The summed E-state index contributed by atoms with van der Waals surface area (Å²) in [6.45, 7) is 0.921. The van der Waals surface area contributed by atoms with Crippen molar-refractivity contribution in [3.05, 3.63) is 125 Å². The first kappa shape index (κ1) is 24.2. The van der Waals surface area contributed by atoms with Crippen LogP contribution in [-0.2, 0) is 19.5 Å². The number of hydrogen-bond donors (Lipinski definition) is 0. The maximum Gasteiger partial charge on any atom is 0.258 e. The van der Waals surface area contributed by atoms with Gasteiger partial charge in [0.2, 0.25) is 0 Å². The molecule has 0 bridgehead atoms. The number of halogens is 2. The molecular weight excluding hydrogens is 598 g/mol. The third-order valence-electron chi connectivity index (χ3n) is 6.86. The highest BCUT2D eigenvalue weighted by Crippen LogP contribution is 2.35. The minimum absolute atomic E-state index is 0.125. The van der Waals surface area contributed by atoms with Crippen LogP contribution in [0.4, 0.5) is 0 Å². The third kappa shape index (κ3) is 4.91. The second-order valence-corrected chi connectivity index (χ2v) is 11.2. The minimum atomic E-state index is -0.127. The van der Waals surface area contributed by atoms with Gasteiger partial charge in [-0.15, -0.1) is 0 Å². The van der Waals surface area contributed by atoms with Crippen molar-refractivity contribution in [2.45, 2.75) is 38.4 Å². The van der Waals surface area contributed by atoms with Gasteiger partial charge in [0.1, 0.15) is 11.3 Å². The quantitative estimate of drug-likeness (QED) is 0.266. The van der Waals surface area contributed by atoms with Crippen molar-refractivity contribution in [1.29, 1.82) is 0 Å². The molecule has 0 amide bonds. The Kier molecular flexibility index (Phi) is 6.52. The van der Waals surface area contributed by atoms with Gasteiger partial charge < -0.3 is 0 Å². The van der Waals surface area contributed by atoms with E-state index < -0.39 is 0 Å². The summed E-state index contributed by atoms with van der Waals surface area (Å²) in [7, 11) is 0. The number of benzene rings is 1. The fourth-order valence-corrected chi connectivity index (χ4v) is 5.89. The van der Waals surface area contributed by atoms with Crippen molar-refractivity contribution >= 4 is 43.2 Å². The molecule has 0 aliphatic heterocycles. The van der Waals surface area contributed by atoms with E-state index in [9.17, 15) is 9.59 Å². The van der Waals surface area contributed by atoms with Crippen LogP contribution in [0.15, 0.2) is 91.6 Å². The zero-order chi connectivity index (χ0) is 25.5. The number of pyridine rings is 2. The summed E-state index contributed by atoms with van der Waals surface area (Å²) in [5.41, 5.74) is 4.96. The Hall–Kier alpha value is -3.14. The second kappa shape index (κ2) is 9.96. The van der Waals surface area contributed by atoms with Crippen molar-refractivity contribution in [2.75, 3.05) is 0 Å². The Morgan fingerprint density at radius 3 is 1.97 bits per heavy atom. The molecule has 0 N–H and O–H groups in total. The molecule has 1 aliphatic rings. The molecule has 0 fully saturated rings. The van der Waals surface area contributed by atoms with E-state index in [1.165, 1.54) is 19.9 Å². The maximum absolute atomic E-state index is 12.9. The number of aromatic nitrogens is 4. The molecule has 4 aromatic heterocycles. The van der Waals surface area contributed by atoms with Gasteiger partial charge in [0.15, 0.2) is 0 Å². The van der Waals surface area contributed by atoms with Gasteiger partial charge >= 0.3 is 0 Å². The van der Waals surface area contributed by atoms with Gasteiger partial charge in [-0.3, -0.25) is 23.3 Å². The van der Waals surface area contributed by atoms with Crippen LogP contribution < -0.4 is 11.1 Å². The van der Waals surface area contributed by atoms with Crippen molar-refractivity contribution in [3.63, 3.8) is 0 Å². The first-order valence-electron chi connectivity index (χ1n) is 12.1. The Morgan fingerprint density at radius 2 is 1.38 bits per heavy atom. The summed E-state index contributed by atoms with van der Waals surface area (Å²) < 4.78 is 4.71. The van der Waals surface area contributed by atoms with Crippen LogP contribution in [0.25, 0.3) is 11.3 Å². The van der Waals surface area contributed by atoms with Crippen LogP contribution in [-0.4, -0.2) is 23.7 Å². The van der Waals surface area contributed by atoms with Crippen molar-refractivity contribution < 1.29 is 0 Å². The summed E-state index contributed by atoms with van der Waals surface area (Å²) in [6, 6.07) is 19.3. The third-order valence-corrected chi connectivity index (χ3v) is 7.80. The van der Waals surface area contributed by atoms with Crippen LogP contribution >= 0.6 is 31.9 Å². The highest BCUT2D eigenvalue weighted by molar-refractivity contribution is 9.10. The predicted octanol–water partition coefficient (Wildman–Crippen LogP) is 5.31. The molecule has 1 aromatic carbocycles. The molecule has 7 nitrogen and oxygen atoms in total. The molecule has 186 valence electrons. The number of aryl methyl sites for hydroxylation is 1. The van der Waals surface area contributed by atoms with Crippen molar-refractivity contribution in [3.8, 4) is 0 Å². The molecule has 9 heteroatoms. The van der Waals surface area contributed by atoms with Crippen molar-refractivity contribution in [1.82, 2.24) is 23.7 Å². The lowest BCUT2D eigenvalue weighted by Crippen LogP contribution is -2.32. The number of fused-ring (bicyclic) bond motifs is 3. The van der Waals surface area contributed by atoms with E-state index in [4.69, 9.17) is 9.97 Å². The first-order valence-corrected chi connectivity index (χ1v) is 13.7. The average molecular weight is 621 g/mol. The smallest absolute Gasteiger partial charge is 0.258 e. The molecule has 6 rings (SSSR count). The zero-order valence-electron chi connectivity index (χ0n) is 19.8. The standard InChI is InChI=1S/C28H23Br2N5O2/c29-19-8-10-25-31-21(12-27(36)34(25)14-19)16-33(24-7-3-5-18-4-1-2-6-23(18)24)17-22-13-28(37)35-15-20(30)9-11-26(35)32-22/h1-2,4,6,8-15,24H,3,5,7,16-17H2. The SMILES string of the molecule is O=c1cc(CN(Cc2cc(=O)n3cc(Br)ccc3n2)C2CCCc3ccccc32)nc2ccc(Br)cn12. The highest BCUT2D eigenvalue weighted by Gasteiger charge is 2.27. The fraction of sp³-hybridized carbons (Fsp3) is 0.214. The van der Waals surface area contributed by atoms with Gasteiger partial charge in [0.25, 0.3) is 11.1 Å². The van der Waals surface area contributed by atoms with Crippen LogP contribution in [0, 0.1) is 0 Å². The second-order valence-electron chi connectivity index (χ2n) is 9.33. The first-order chi connectivity index (χ1) is 17.9. The van der Waals surface area contributed by atoms with E-state index in [1.54, 1.807) is 24.5 Å². The molecule has 0 saturated heterocycles. The van der Waals surface area contributed by atoms with E-state index in [0.29, 0.717) is 35.8 Å². The van der Waals surface area contributed by atoms with Gasteiger partial charge in [0.05, 0.1) is 11.4 Å².